The summed E-state index contributed by atoms with van der Waals surface area (Å²) in [7, 11) is 0. The normalized spacial score (nSPS) is 9.56. The zero-order chi connectivity index (χ0) is 12.0. The van der Waals surface area contributed by atoms with E-state index in [1.165, 1.54) is 0 Å². The molecule has 0 radical (unpaired) electrons. The van der Waals surface area contributed by atoms with Crippen LogP contribution in [0.2, 0.25) is 0 Å². The second kappa shape index (κ2) is 6.44. The van der Waals surface area contributed by atoms with Gasteiger partial charge in [0.05, 0.1) is 11.5 Å². The molecule has 0 spiro atoms. The van der Waals surface area contributed by atoms with Gasteiger partial charge in [0.25, 0.3) is 5.91 Å². The number of amides is 1. The molecular weight excluding hydrogens is 292 g/mol. The molecule has 16 heavy (non-hydrogen) atoms. The van der Waals surface area contributed by atoms with E-state index in [0.29, 0.717) is 5.75 Å². The summed E-state index contributed by atoms with van der Waals surface area (Å²) in [5, 5.41) is 2.52. The Kier molecular flexibility index (Phi) is 5.21. The molecule has 1 aromatic rings. The minimum Gasteiger partial charge on any atom is -0.484 e. The third kappa shape index (κ3) is 5.09. The summed E-state index contributed by atoms with van der Waals surface area (Å²) in [6.45, 7) is 0.141. The highest BCUT2D eigenvalue weighted by Crippen LogP contribution is 2.15. The van der Waals surface area contributed by atoms with Crippen LogP contribution in [0.3, 0.4) is 0 Å². The van der Waals surface area contributed by atoms with Gasteiger partial charge in [0.15, 0.2) is 6.61 Å². The largest absolute Gasteiger partial charge is 0.484 e. The van der Waals surface area contributed by atoms with Crippen molar-refractivity contribution in [2.75, 3.05) is 13.2 Å². The Morgan fingerprint density at radius 2 is 2.06 bits per heavy atom. The zero-order valence-electron chi connectivity index (χ0n) is 8.40. The van der Waals surface area contributed by atoms with Gasteiger partial charge in [-0.2, -0.15) is 0 Å². The third-order valence-electron chi connectivity index (χ3n) is 1.64. The van der Waals surface area contributed by atoms with Crippen molar-refractivity contribution in [2.24, 2.45) is 5.73 Å². The molecule has 86 valence electrons. The number of carbonyl (C=O) groups excluding carboxylic acids is 1. The molecule has 0 bridgehead atoms. The van der Waals surface area contributed by atoms with Gasteiger partial charge in [-0.1, -0.05) is 28.1 Å². The maximum Gasteiger partial charge on any atom is 0.258 e. The van der Waals surface area contributed by atoms with Crippen molar-refractivity contribution in [3.8, 4) is 5.75 Å². The molecule has 0 saturated heterocycles. The minimum absolute atomic E-state index is 0.0513. The molecular formula is C10H11BrN2O2S. The number of thiocarbonyl (C=S) groups is 1. The number of benzene rings is 1. The topological polar surface area (TPSA) is 64.3 Å². The number of hydrogen-bond donors (Lipinski definition) is 2. The molecule has 0 aromatic heterocycles. The van der Waals surface area contributed by atoms with Crippen LogP contribution in [0.15, 0.2) is 28.7 Å². The number of carbonyl (C=O) groups is 1. The fraction of sp³-hybridized carbons (Fsp3) is 0.200. The first-order valence-electron chi connectivity index (χ1n) is 4.51. The quantitative estimate of drug-likeness (QED) is 0.803. The van der Waals surface area contributed by atoms with Gasteiger partial charge in [-0.25, -0.2) is 0 Å². The second-order valence-corrected chi connectivity index (χ2v) is 4.43. The summed E-state index contributed by atoms with van der Waals surface area (Å²) >= 11 is 7.93. The van der Waals surface area contributed by atoms with E-state index in [9.17, 15) is 4.79 Å². The SMILES string of the molecule is NC(=S)CNC(=O)COc1ccc(Br)cc1. The van der Waals surface area contributed by atoms with Crippen LogP contribution in [0.1, 0.15) is 0 Å². The lowest BCUT2D eigenvalue weighted by Gasteiger charge is -2.06. The van der Waals surface area contributed by atoms with Gasteiger partial charge in [0.2, 0.25) is 0 Å². The first kappa shape index (κ1) is 12.9. The van der Waals surface area contributed by atoms with E-state index >= 15 is 0 Å². The molecule has 0 atom stereocenters. The van der Waals surface area contributed by atoms with Crippen molar-refractivity contribution in [1.29, 1.82) is 0 Å². The molecule has 0 saturated carbocycles. The first-order chi connectivity index (χ1) is 7.58. The first-order valence-corrected chi connectivity index (χ1v) is 5.71. The van der Waals surface area contributed by atoms with E-state index in [0.717, 1.165) is 4.47 Å². The number of halogens is 1. The Balaban J connectivity index is 2.31. The standard InChI is InChI=1S/C10H11BrN2O2S/c11-7-1-3-8(4-2-7)15-6-10(14)13-5-9(12)16/h1-4H,5-6H2,(H2,12,16)(H,13,14). The molecule has 0 aliphatic heterocycles. The predicted molar refractivity (Wildman–Crippen MR) is 69.4 cm³/mol. The van der Waals surface area contributed by atoms with Crippen molar-refractivity contribution in [3.05, 3.63) is 28.7 Å². The second-order valence-electron chi connectivity index (χ2n) is 2.99. The van der Waals surface area contributed by atoms with E-state index in [1.807, 2.05) is 12.1 Å². The van der Waals surface area contributed by atoms with Crippen LogP contribution in [-0.2, 0) is 4.79 Å². The minimum atomic E-state index is -0.254. The Bertz CT molecular complexity index is 381. The molecule has 6 heteroatoms. The lowest BCUT2D eigenvalue weighted by molar-refractivity contribution is -0.122. The lowest BCUT2D eigenvalue weighted by atomic mass is 10.3. The summed E-state index contributed by atoms with van der Waals surface area (Å²) in [6.07, 6.45) is 0. The van der Waals surface area contributed by atoms with Crippen molar-refractivity contribution < 1.29 is 9.53 Å². The highest BCUT2D eigenvalue weighted by Gasteiger charge is 2.02. The number of ether oxygens (including phenoxy) is 1. The highest BCUT2D eigenvalue weighted by molar-refractivity contribution is 9.10. The molecule has 0 unspecified atom stereocenters. The van der Waals surface area contributed by atoms with E-state index in [-0.39, 0.29) is 24.0 Å². The monoisotopic (exact) mass is 302 g/mol. The zero-order valence-corrected chi connectivity index (χ0v) is 10.8. The smallest absolute Gasteiger partial charge is 0.258 e. The molecule has 3 N–H and O–H groups in total. The van der Waals surface area contributed by atoms with Gasteiger partial charge in [0.1, 0.15) is 5.75 Å². The lowest BCUT2D eigenvalue weighted by Crippen LogP contribution is -2.35. The summed E-state index contributed by atoms with van der Waals surface area (Å²) < 4.78 is 6.19. The number of nitrogens with two attached hydrogens (primary N) is 1. The number of hydrogen-bond acceptors (Lipinski definition) is 3. The van der Waals surface area contributed by atoms with Crippen LogP contribution in [0.5, 0.6) is 5.75 Å². The number of rotatable bonds is 5. The molecule has 0 aliphatic carbocycles. The molecule has 0 fully saturated rings. The van der Waals surface area contributed by atoms with Crippen LogP contribution in [0, 0.1) is 0 Å². The van der Waals surface area contributed by atoms with Crippen LogP contribution in [0.25, 0.3) is 0 Å². The van der Waals surface area contributed by atoms with Gasteiger partial charge in [-0.05, 0) is 24.3 Å². The van der Waals surface area contributed by atoms with Gasteiger partial charge in [-0.3, -0.25) is 4.79 Å². The molecule has 4 nitrogen and oxygen atoms in total. The van der Waals surface area contributed by atoms with Crippen molar-refractivity contribution in [1.82, 2.24) is 5.32 Å². The van der Waals surface area contributed by atoms with Gasteiger partial charge >= 0.3 is 0 Å². The molecule has 1 aromatic carbocycles. The molecule has 1 amide bonds. The third-order valence-corrected chi connectivity index (χ3v) is 2.32. The van der Waals surface area contributed by atoms with Gasteiger partial charge in [0, 0.05) is 4.47 Å². The Morgan fingerprint density at radius 3 is 2.62 bits per heavy atom. The van der Waals surface area contributed by atoms with Crippen LogP contribution in [-0.4, -0.2) is 24.0 Å². The highest BCUT2D eigenvalue weighted by atomic mass is 79.9. The summed E-state index contributed by atoms with van der Waals surface area (Å²) in [5.74, 6) is 0.379. The molecule has 0 aliphatic rings. The van der Waals surface area contributed by atoms with Gasteiger partial charge in [-0.15, -0.1) is 0 Å². The van der Waals surface area contributed by atoms with Crippen LogP contribution >= 0.6 is 28.1 Å². The van der Waals surface area contributed by atoms with Crippen molar-refractivity contribution >= 4 is 39.0 Å². The van der Waals surface area contributed by atoms with Crippen LogP contribution in [0.4, 0.5) is 0 Å². The Hall–Kier alpha value is -1.14. The summed E-state index contributed by atoms with van der Waals surface area (Å²) in [6, 6.07) is 7.21. The maximum absolute atomic E-state index is 11.2. The van der Waals surface area contributed by atoms with E-state index in [1.54, 1.807) is 12.1 Å². The van der Waals surface area contributed by atoms with E-state index < -0.39 is 0 Å². The average molecular weight is 303 g/mol. The van der Waals surface area contributed by atoms with Gasteiger partial charge < -0.3 is 15.8 Å². The fourth-order valence-corrected chi connectivity index (χ4v) is 1.25. The molecule has 1 rings (SSSR count). The fourth-order valence-electron chi connectivity index (χ4n) is 0.916. The summed E-state index contributed by atoms with van der Waals surface area (Å²) in [5.41, 5.74) is 5.24. The van der Waals surface area contributed by atoms with Crippen LogP contribution < -0.4 is 15.8 Å². The van der Waals surface area contributed by atoms with E-state index in [4.69, 9.17) is 10.5 Å². The van der Waals surface area contributed by atoms with E-state index in [2.05, 4.69) is 33.5 Å². The van der Waals surface area contributed by atoms with Crippen molar-refractivity contribution in [3.63, 3.8) is 0 Å². The average Bonchev–Trinajstić information content (AvgIpc) is 2.25. The Labute approximate surface area is 107 Å². The summed E-state index contributed by atoms with van der Waals surface area (Å²) in [4.78, 5) is 11.5. The molecule has 0 heterocycles. The van der Waals surface area contributed by atoms with Crippen molar-refractivity contribution in [2.45, 2.75) is 0 Å². The number of nitrogens with one attached hydrogen (secondary N) is 1. The maximum atomic E-state index is 11.2. The predicted octanol–water partition coefficient (Wildman–Crippen LogP) is 1.23. The Morgan fingerprint density at radius 1 is 1.44 bits per heavy atom.